The molecule has 0 aliphatic heterocycles. The second-order valence-electron chi connectivity index (χ2n) is 5.30. The van der Waals surface area contributed by atoms with Crippen LogP contribution in [0.15, 0.2) is 18.2 Å². The van der Waals surface area contributed by atoms with Gasteiger partial charge in [-0.3, -0.25) is 0 Å². The van der Waals surface area contributed by atoms with Gasteiger partial charge in [-0.05, 0) is 48.7 Å². The standard InChI is InChI=1S/C13H21NO2Si2/c1-15-17(3,4)12-8-7-11(10-14)9-13(12)18(5,6)16-2/h7-9H,1-6H3. The van der Waals surface area contributed by atoms with Crippen LogP contribution in [0.3, 0.4) is 0 Å². The van der Waals surface area contributed by atoms with Crippen molar-refractivity contribution in [2.24, 2.45) is 0 Å². The number of hydrogen-bond donors (Lipinski definition) is 0. The van der Waals surface area contributed by atoms with Crippen LogP contribution >= 0.6 is 0 Å². The molecule has 0 spiro atoms. The van der Waals surface area contributed by atoms with Crippen LogP contribution in [0, 0.1) is 11.3 Å². The van der Waals surface area contributed by atoms with Gasteiger partial charge in [0.15, 0.2) is 0 Å². The molecule has 0 fully saturated rings. The van der Waals surface area contributed by atoms with Crippen LogP contribution in [0.4, 0.5) is 0 Å². The van der Waals surface area contributed by atoms with E-state index in [0.29, 0.717) is 5.56 Å². The Hall–Kier alpha value is -0.936. The monoisotopic (exact) mass is 279 g/mol. The molecular formula is C13H21NO2Si2. The van der Waals surface area contributed by atoms with E-state index in [2.05, 4.69) is 32.3 Å². The molecule has 0 aliphatic carbocycles. The highest BCUT2D eigenvalue weighted by Crippen LogP contribution is 2.10. The SMILES string of the molecule is CO[Si](C)(C)c1ccc(C#N)cc1[Si](C)(C)OC. The van der Waals surface area contributed by atoms with Crippen LogP contribution < -0.4 is 10.4 Å². The minimum absolute atomic E-state index is 0.687. The highest BCUT2D eigenvalue weighted by Gasteiger charge is 2.34. The lowest BCUT2D eigenvalue weighted by Crippen LogP contribution is -2.60. The summed E-state index contributed by atoms with van der Waals surface area (Å²) in [4.78, 5) is 0. The summed E-state index contributed by atoms with van der Waals surface area (Å²) >= 11 is 0. The number of rotatable bonds is 4. The second kappa shape index (κ2) is 5.37. The van der Waals surface area contributed by atoms with E-state index in [9.17, 15) is 0 Å². The Balaban J connectivity index is 3.50. The van der Waals surface area contributed by atoms with Crippen LogP contribution in [0.25, 0.3) is 0 Å². The molecule has 0 amide bonds. The largest absolute Gasteiger partial charge is 0.416 e. The maximum atomic E-state index is 9.06. The topological polar surface area (TPSA) is 42.2 Å². The lowest BCUT2D eigenvalue weighted by atomic mass is 10.2. The second-order valence-corrected chi connectivity index (χ2v) is 13.2. The first-order chi connectivity index (χ1) is 8.28. The van der Waals surface area contributed by atoms with E-state index >= 15 is 0 Å². The van der Waals surface area contributed by atoms with Gasteiger partial charge >= 0.3 is 0 Å². The molecule has 0 saturated heterocycles. The van der Waals surface area contributed by atoms with Crippen LogP contribution in [0.5, 0.6) is 0 Å². The molecule has 0 aliphatic rings. The van der Waals surface area contributed by atoms with Crippen LogP contribution in [-0.4, -0.2) is 30.9 Å². The Labute approximate surface area is 112 Å². The lowest BCUT2D eigenvalue weighted by molar-refractivity contribution is 0.412. The zero-order valence-corrected chi connectivity index (χ0v) is 14.0. The molecule has 0 heterocycles. The third-order valence-corrected chi connectivity index (χ3v) is 9.20. The lowest BCUT2D eigenvalue weighted by Gasteiger charge is -2.30. The van der Waals surface area contributed by atoms with Gasteiger partial charge in [-0.2, -0.15) is 5.26 Å². The Morgan fingerprint density at radius 3 is 1.89 bits per heavy atom. The molecule has 0 atom stereocenters. The third-order valence-electron chi connectivity index (χ3n) is 3.47. The molecule has 98 valence electrons. The van der Waals surface area contributed by atoms with E-state index in [1.54, 1.807) is 14.2 Å². The quantitative estimate of drug-likeness (QED) is 0.788. The summed E-state index contributed by atoms with van der Waals surface area (Å²) in [5.41, 5.74) is 0.687. The van der Waals surface area contributed by atoms with Gasteiger partial charge < -0.3 is 8.85 Å². The van der Waals surface area contributed by atoms with Crippen molar-refractivity contribution in [3.8, 4) is 6.07 Å². The first kappa shape index (κ1) is 15.1. The van der Waals surface area contributed by atoms with Gasteiger partial charge in [0.25, 0.3) is 0 Å². The van der Waals surface area contributed by atoms with Gasteiger partial charge in [0, 0.05) is 14.2 Å². The van der Waals surface area contributed by atoms with Crippen LogP contribution in [-0.2, 0) is 8.85 Å². The number of benzene rings is 1. The van der Waals surface area contributed by atoms with Gasteiger partial charge in [0.1, 0.15) is 0 Å². The summed E-state index contributed by atoms with van der Waals surface area (Å²) in [5.74, 6) is 0. The molecule has 3 nitrogen and oxygen atoms in total. The molecule has 5 heteroatoms. The molecule has 1 aromatic carbocycles. The molecule has 0 radical (unpaired) electrons. The van der Waals surface area contributed by atoms with E-state index in [1.807, 2.05) is 18.2 Å². The summed E-state index contributed by atoms with van der Waals surface area (Å²) in [6, 6.07) is 8.08. The van der Waals surface area contributed by atoms with E-state index in [4.69, 9.17) is 14.1 Å². The average Bonchev–Trinajstić information content (AvgIpc) is 2.37. The van der Waals surface area contributed by atoms with Crippen molar-refractivity contribution >= 4 is 27.0 Å². The van der Waals surface area contributed by atoms with Crippen molar-refractivity contribution in [2.45, 2.75) is 26.2 Å². The zero-order chi connectivity index (χ0) is 14.0. The fourth-order valence-electron chi connectivity index (χ4n) is 1.86. The molecule has 18 heavy (non-hydrogen) atoms. The van der Waals surface area contributed by atoms with Gasteiger partial charge in [-0.1, -0.05) is 6.07 Å². The Morgan fingerprint density at radius 2 is 1.44 bits per heavy atom. The summed E-state index contributed by atoms with van der Waals surface area (Å²) in [7, 11) is -0.376. The molecule has 0 saturated carbocycles. The van der Waals surface area contributed by atoms with Crippen molar-refractivity contribution in [1.29, 1.82) is 5.26 Å². The fraction of sp³-hybridized carbons (Fsp3) is 0.462. The minimum atomic E-state index is -1.97. The molecule has 0 aromatic heterocycles. The first-order valence-corrected chi connectivity index (χ1v) is 11.8. The first-order valence-electron chi connectivity index (χ1n) is 5.94. The van der Waals surface area contributed by atoms with E-state index < -0.39 is 16.6 Å². The number of nitrogens with zero attached hydrogens (tertiary/aromatic N) is 1. The predicted molar refractivity (Wildman–Crippen MR) is 79.4 cm³/mol. The Morgan fingerprint density at radius 1 is 0.944 bits per heavy atom. The normalized spacial score (nSPS) is 12.3. The molecule has 0 N–H and O–H groups in total. The van der Waals surface area contributed by atoms with Crippen molar-refractivity contribution < 1.29 is 8.85 Å². The fourth-order valence-corrected chi connectivity index (χ4v) is 6.54. The maximum Gasteiger partial charge on any atom is 0.217 e. The van der Waals surface area contributed by atoms with Gasteiger partial charge in [0.2, 0.25) is 16.6 Å². The summed E-state index contributed by atoms with van der Waals surface area (Å²) in [6.07, 6.45) is 0. The van der Waals surface area contributed by atoms with E-state index in [1.165, 1.54) is 10.4 Å². The van der Waals surface area contributed by atoms with E-state index in [-0.39, 0.29) is 0 Å². The van der Waals surface area contributed by atoms with Crippen LogP contribution in [0.2, 0.25) is 26.2 Å². The average molecular weight is 279 g/mol. The third kappa shape index (κ3) is 2.90. The van der Waals surface area contributed by atoms with Crippen molar-refractivity contribution in [1.82, 2.24) is 0 Å². The minimum Gasteiger partial charge on any atom is -0.416 e. The molecule has 1 rings (SSSR count). The Bertz CT molecular complexity index is 478. The maximum absolute atomic E-state index is 9.06. The molecule has 1 aromatic rings. The highest BCUT2D eigenvalue weighted by atomic mass is 28.4. The summed E-state index contributed by atoms with van der Waals surface area (Å²) in [5, 5.41) is 11.5. The summed E-state index contributed by atoms with van der Waals surface area (Å²) in [6.45, 7) is 8.62. The number of nitriles is 1. The predicted octanol–water partition coefficient (Wildman–Crippen LogP) is 1.68. The smallest absolute Gasteiger partial charge is 0.217 e. The van der Waals surface area contributed by atoms with Gasteiger partial charge in [0.05, 0.1) is 11.6 Å². The van der Waals surface area contributed by atoms with Gasteiger partial charge in [-0.15, -0.1) is 0 Å². The molecule has 0 unspecified atom stereocenters. The van der Waals surface area contributed by atoms with Gasteiger partial charge in [-0.25, -0.2) is 0 Å². The highest BCUT2D eigenvalue weighted by molar-refractivity contribution is 6.94. The Kier molecular flexibility index (Phi) is 4.51. The summed E-state index contributed by atoms with van der Waals surface area (Å²) < 4.78 is 11.4. The molecular weight excluding hydrogens is 258 g/mol. The van der Waals surface area contributed by atoms with Crippen molar-refractivity contribution in [3.05, 3.63) is 23.8 Å². The zero-order valence-electron chi connectivity index (χ0n) is 12.0. The van der Waals surface area contributed by atoms with E-state index in [0.717, 1.165) is 0 Å². The van der Waals surface area contributed by atoms with Crippen LogP contribution in [0.1, 0.15) is 5.56 Å². The molecule has 0 bridgehead atoms. The van der Waals surface area contributed by atoms with Crippen molar-refractivity contribution in [2.75, 3.05) is 14.2 Å². The van der Waals surface area contributed by atoms with Crippen molar-refractivity contribution in [3.63, 3.8) is 0 Å². The number of hydrogen-bond acceptors (Lipinski definition) is 3.